The van der Waals surface area contributed by atoms with Crippen molar-refractivity contribution in [1.29, 1.82) is 0 Å². The van der Waals surface area contributed by atoms with Gasteiger partial charge in [-0.1, -0.05) is 37.0 Å². The highest BCUT2D eigenvalue weighted by Crippen LogP contribution is 2.35. The van der Waals surface area contributed by atoms with E-state index in [0.717, 1.165) is 24.3 Å². The molecule has 30 heavy (non-hydrogen) atoms. The SMILES string of the molecule is CCN(CC)S(=O)(=O)c1ccc(O)c(NC(=O)c2cc(Cl)cc(Cl)c2OC(F)F)c1. The standard InChI is InChI=1S/C18H18Cl2F2N2O5S/c1-3-24(4-2)30(27,28)11-5-6-15(25)14(9-11)23-17(26)12-7-10(19)8-13(20)16(12)29-18(21)22/h5-9,18,25H,3-4H2,1-2H3,(H,23,26). The summed E-state index contributed by atoms with van der Waals surface area (Å²) in [6, 6.07) is 5.49. The lowest BCUT2D eigenvalue weighted by Gasteiger charge is -2.19. The topological polar surface area (TPSA) is 95.9 Å². The maximum Gasteiger partial charge on any atom is 0.387 e. The number of hydrogen-bond donors (Lipinski definition) is 2. The van der Waals surface area contributed by atoms with Crippen LogP contribution in [0.2, 0.25) is 10.0 Å². The van der Waals surface area contributed by atoms with Crippen molar-refractivity contribution >= 4 is 44.8 Å². The largest absolute Gasteiger partial charge is 0.506 e. The predicted molar refractivity (Wildman–Crippen MR) is 109 cm³/mol. The van der Waals surface area contributed by atoms with E-state index in [1.54, 1.807) is 13.8 Å². The first-order valence-electron chi connectivity index (χ1n) is 8.59. The van der Waals surface area contributed by atoms with Crippen molar-refractivity contribution in [2.24, 2.45) is 0 Å². The molecule has 0 atom stereocenters. The molecule has 0 bridgehead atoms. The minimum Gasteiger partial charge on any atom is -0.506 e. The van der Waals surface area contributed by atoms with Gasteiger partial charge in [-0.05, 0) is 30.3 Å². The summed E-state index contributed by atoms with van der Waals surface area (Å²) in [4.78, 5) is 12.5. The van der Waals surface area contributed by atoms with Gasteiger partial charge in [0.1, 0.15) is 5.75 Å². The van der Waals surface area contributed by atoms with Gasteiger partial charge >= 0.3 is 6.61 Å². The van der Waals surface area contributed by atoms with Crippen LogP contribution in [0, 0.1) is 0 Å². The molecule has 0 aliphatic rings. The minimum atomic E-state index is -3.87. The number of amides is 1. The zero-order valence-electron chi connectivity index (χ0n) is 15.8. The summed E-state index contributed by atoms with van der Waals surface area (Å²) >= 11 is 11.7. The van der Waals surface area contributed by atoms with Crippen molar-refractivity contribution in [1.82, 2.24) is 4.31 Å². The summed E-state index contributed by atoms with van der Waals surface area (Å²) in [5, 5.41) is 12.0. The van der Waals surface area contributed by atoms with Crippen molar-refractivity contribution in [3.05, 3.63) is 45.9 Å². The fraction of sp³-hybridized carbons (Fsp3) is 0.278. The molecule has 0 heterocycles. The second-order valence-corrected chi connectivity index (χ2v) is 8.65. The molecule has 0 radical (unpaired) electrons. The average Bonchev–Trinajstić information content (AvgIpc) is 2.65. The predicted octanol–water partition coefficient (Wildman–Crippen LogP) is 4.58. The molecular weight excluding hydrogens is 465 g/mol. The number of phenols is 1. The van der Waals surface area contributed by atoms with Gasteiger partial charge in [-0.25, -0.2) is 8.42 Å². The van der Waals surface area contributed by atoms with Gasteiger partial charge in [0.15, 0.2) is 5.75 Å². The first-order valence-corrected chi connectivity index (χ1v) is 10.8. The first-order chi connectivity index (χ1) is 14.0. The monoisotopic (exact) mass is 482 g/mol. The lowest BCUT2D eigenvalue weighted by atomic mass is 10.1. The molecule has 0 aliphatic heterocycles. The van der Waals surface area contributed by atoms with Crippen molar-refractivity contribution in [3.8, 4) is 11.5 Å². The Morgan fingerprint density at radius 1 is 1.20 bits per heavy atom. The maximum absolute atomic E-state index is 12.7. The Labute approximate surface area is 182 Å². The van der Waals surface area contributed by atoms with Crippen molar-refractivity contribution in [2.75, 3.05) is 18.4 Å². The number of nitrogens with one attached hydrogen (secondary N) is 1. The summed E-state index contributed by atoms with van der Waals surface area (Å²) in [5.41, 5.74) is -0.684. The third-order valence-electron chi connectivity index (χ3n) is 4.02. The number of carbonyl (C=O) groups is 1. The van der Waals surface area contributed by atoms with E-state index in [0.29, 0.717) is 0 Å². The number of ether oxygens (including phenoxy) is 1. The van der Waals surface area contributed by atoms with Crippen LogP contribution in [0.15, 0.2) is 35.2 Å². The van der Waals surface area contributed by atoms with Crippen molar-refractivity contribution < 1.29 is 31.8 Å². The summed E-state index contributed by atoms with van der Waals surface area (Å²) < 4.78 is 56.3. The van der Waals surface area contributed by atoms with Gasteiger partial charge in [-0.15, -0.1) is 0 Å². The summed E-state index contributed by atoms with van der Waals surface area (Å²) in [6.45, 7) is 0.508. The molecule has 2 aromatic rings. The van der Waals surface area contributed by atoms with Crippen LogP contribution in [-0.2, 0) is 10.0 Å². The number of alkyl halides is 2. The number of benzene rings is 2. The normalized spacial score (nSPS) is 11.7. The van der Waals surface area contributed by atoms with E-state index in [1.165, 1.54) is 10.4 Å². The highest BCUT2D eigenvalue weighted by atomic mass is 35.5. The molecule has 2 N–H and O–H groups in total. The summed E-state index contributed by atoms with van der Waals surface area (Å²) in [5.74, 6) is -2.05. The van der Waals surface area contributed by atoms with E-state index >= 15 is 0 Å². The molecule has 0 aliphatic carbocycles. The Kier molecular flexibility index (Phi) is 7.87. The minimum absolute atomic E-state index is 0.0196. The van der Waals surface area contributed by atoms with Gasteiger partial charge < -0.3 is 15.2 Å². The molecule has 7 nitrogen and oxygen atoms in total. The molecule has 2 aromatic carbocycles. The van der Waals surface area contributed by atoms with Gasteiger partial charge in [-0.2, -0.15) is 13.1 Å². The Hall–Kier alpha value is -2.14. The average molecular weight is 483 g/mol. The van der Waals surface area contributed by atoms with Crippen molar-refractivity contribution in [2.45, 2.75) is 25.4 Å². The molecule has 1 amide bonds. The molecule has 0 spiro atoms. The van der Waals surface area contributed by atoms with Crippen LogP contribution < -0.4 is 10.1 Å². The molecule has 164 valence electrons. The Bertz CT molecular complexity index is 1050. The molecule has 0 saturated heterocycles. The van der Waals surface area contributed by atoms with Gasteiger partial charge in [0.25, 0.3) is 5.91 Å². The van der Waals surface area contributed by atoms with Crippen molar-refractivity contribution in [3.63, 3.8) is 0 Å². The van der Waals surface area contributed by atoms with Crippen LogP contribution in [0.5, 0.6) is 11.5 Å². The lowest BCUT2D eigenvalue weighted by molar-refractivity contribution is -0.0500. The number of phenolic OH excluding ortho intramolecular Hbond substituents is 1. The molecular formula is C18H18Cl2F2N2O5S. The molecule has 12 heteroatoms. The highest BCUT2D eigenvalue weighted by Gasteiger charge is 2.25. The van der Waals surface area contributed by atoms with Gasteiger partial charge in [0, 0.05) is 18.1 Å². The fourth-order valence-electron chi connectivity index (χ4n) is 2.62. The third kappa shape index (κ3) is 5.31. The number of nitrogens with zero attached hydrogens (tertiary/aromatic N) is 1. The van der Waals surface area contributed by atoms with Gasteiger partial charge in [0.05, 0.1) is 21.2 Å². The number of hydrogen-bond acceptors (Lipinski definition) is 5. The zero-order chi connectivity index (χ0) is 22.6. The van der Waals surface area contributed by atoms with E-state index in [4.69, 9.17) is 23.2 Å². The number of anilines is 1. The quantitative estimate of drug-likeness (QED) is 0.536. The van der Waals surface area contributed by atoms with Crippen LogP contribution >= 0.6 is 23.2 Å². The molecule has 0 fully saturated rings. The number of halogens is 4. The Balaban J connectivity index is 2.46. The first kappa shape index (κ1) is 24.1. The third-order valence-corrected chi connectivity index (χ3v) is 6.56. The number of sulfonamides is 1. The number of rotatable bonds is 8. The van der Waals surface area contributed by atoms with E-state index in [9.17, 15) is 27.1 Å². The van der Waals surface area contributed by atoms with E-state index < -0.39 is 39.6 Å². The second kappa shape index (κ2) is 9.78. The molecule has 0 aromatic heterocycles. The Morgan fingerprint density at radius 2 is 1.83 bits per heavy atom. The Morgan fingerprint density at radius 3 is 2.40 bits per heavy atom. The zero-order valence-corrected chi connectivity index (χ0v) is 18.2. The van der Waals surface area contributed by atoms with Crippen LogP contribution in [0.3, 0.4) is 0 Å². The summed E-state index contributed by atoms with van der Waals surface area (Å²) in [7, 11) is -3.87. The van der Waals surface area contributed by atoms with Crippen LogP contribution in [0.4, 0.5) is 14.5 Å². The lowest BCUT2D eigenvalue weighted by Crippen LogP contribution is -2.30. The molecule has 0 unspecified atom stereocenters. The highest BCUT2D eigenvalue weighted by molar-refractivity contribution is 7.89. The van der Waals surface area contributed by atoms with E-state index in [1.807, 2.05) is 0 Å². The van der Waals surface area contributed by atoms with Crippen LogP contribution in [0.1, 0.15) is 24.2 Å². The fourth-order valence-corrected chi connectivity index (χ4v) is 4.64. The summed E-state index contributed by atoms with van der Waals surface area (Å²) in [6.07, 6.45) is 0. The van der Waals surface area contributed by atoms with E-state index in [-0.39, 0.29) is 33.7 Å². The van der Waals surface area contributed by atoms with Crippen LogP contribution in [0.25, 0.3) is 0 Å². The second-order valence-electron chi connectivity index (χ2n) is 5.87. The molecule has 2 rings (SSSR count). The number of carbonyl (C=O) groups excluding carboxylic acids is 1. The van der Waals surface area contributed by atoms with Crippen LogP contribution in [-0.4, -0.2) is 43.4 Å². The van der Waals surface area contributed by atoms with Gasteiger partial charge in [0.2, 0.25) is 10.0 Å². The maximum atomic E-state index is 12.7. The van der Waals surface area contributed by atoms with Gasteiger partial charge in [-0.3, -0.25) is 4.79 Å². The molecule has 0 saturated carbocycles. The number of aromatic hydroxyl groups is 1. The smallest absolute Gasteiger partial charge is 0.387 e. The van der Waals surface area contributed by atoms with E-state index in [2.05, 4.69) is 10.1 Å².